The van der Waals surface area contributed by atoms with Crippen LogP contribution in [0.1, 0.15) is 18.5 Å². The number of hydrogen-bond donors (Lipinski definition) is 1. The highest BCUT2D eigenvalue weighted by Crippen LogP contribution is 2.42. The van der Waals surface area contributed by atoms with Crippen molar-refractivity contribution in [1.29, 1.82) is 0 Å². The molecular weight excluding hydrogens is 588 g/mol. The zero-order valence-electron chi connectivity index (χ0n) is 24.8. The number of rotatable bonds is 6. The van der Waals surface area contributed by atoms with Crippen molar-refractivity contribution < 1.29 is 8.39 Å². The van der Waals surface area contributed by atoms with E-state index in [1.165, 1.54) is 32.2 Å². The van der Waals surface area contributed by atoms with Crippen LogP contribution in [0.5, 0.6) is 0 Å². The summed E-state index contributed by atoms with van der Waals surface area (Å²) < 4.78 is 13.6. The molecule has 1 heterocycles. The normalized spacial score (nSPS) is 12.3. The topological polar surface area (TPSA) is 38.3 Å². The first-order valence-corrected chi connectivity index (χ1v) is 17.7. The summed E-state index contributed by atoms with van der Waals surface area (Å²) in [4.78, 5) is 0. The fourth-order valence-corrected chi connectivity index (χ4v) is 10.1. The minimum absolute atomic E-state index is 0.0318. The number of nitrogens with one attached hydrogen (secondary N) is 1. The molecule has 3 nitrogen and oxygen atoms in total. The van der Waals surface area contributed by atoms with Gasteiger partial charge in [-0.15, -0.1) is 0 Å². The summed E-state index contributed by atoms with van der Waals surface area (Å²) in [5, 5.41) is 14.6. The van der Waals surface area contributed by atoms with Gasteiger partial charge in [-0.05, 0) is 70.0 Å². The van der Waals surface area contributed by atoms with Crippen LogP contribution in [0.4, 0.5) is 0 Å². The predicted octanol–water partition coefficient (Wildman–Crippen LogP) is 10.7. The number of hydrogen-bond acceptors (Lipinski definition) is 3. The highest BCUT2D eigenvalue weighted by molar-refractivity contribution is 7.79. The Kier molecular flexibility index (Phi) is 7.45. The summed E-state index contributed by atoms with van der Waals surface area (Å²) in [6.45, 7) is 2.21. The van der Waals surface area contributed by atoms with Crippen LogP contribution in [0.15, 0.2) is 166 Å². The molecule has 0 aliphatic heterocycles. The Balaban J connectivity index is 1.30. The average molecular weight is 620 g/mol. The summed E-state index contributed by atoms with van der Waals surface area (Å²) in [5.74, 6) is 0. The predicted molar refractivity (Wildman–Crippen MR) is 194 cm³/mol. The molecule has 0 aliphatic rings. The Morgan fingerprint density at radius 3 is 1.53 bits per heavy atom. The molecule has 0 unspecified atom stereocenters. The van der Waals surface area contributed by atoms with E-state index in [-0.39, 0.29) is 6.04 Å². The maximum atomic E-state index is 6.80. The van der Waals surface area contributed by atoms with Crippen LogP contribution in [0.2, 0.25) is 0 Å². The molecule has 218 valence electrons. The highest BCUT2D eigenvalue weighted by Gasteiger charge is 2.23. The third kappa shape index (κ3) is 5.24. The summed E-state index contributed by atoms with van der Waals surface area (Å²) in [6.07, 6.45) is 0. The molecular formula is C40H31NO2P2. The van der Waals surface area contributed by atoms with Crippen molar-refractivity contribution in [3.63, 3.8) is 0 Å². The molecule has 8 aromatic rings. The van der Waals surface area contributed by atoms with Gasteiger partial charge in [0.05, 0.1) is 0 Å². The van der Waals surface area contributed by atoms with E-state index in [1.807, 2.05) is 0 Å². The summed E-state index contributed by atoms with van der Waals surface area (Å²) in [6, 6.07) is 56.0. The zero-order valence-corrected chi connectivity index (χ0v) is 26.6. The molecule has 0 fully saturated rings. The maximum absolute atomic E-state index is 6.80. The minimum Gasteiger partial charge on any atom is -0.408 e. The Labute approximate surface area is 264 Å². The molecule has 1 aromatic heterocycles. The lowest BCUT2D eigenvalue weighted by atomic mass is 9.99. The second kappa shape index (κ2) is 12.0. The lowest BCUT2D eigenvalue weighted by Gasteiger charge is -2.24. The molecule has 0 saturated carbocycles. The molecule has 8 rings (SSSR count). The molecule has 0 radical (unpaired) electrons. The fourth-order valence-electron chi connectivity index (χ4n) is 6.29. The Bertz CT molecular complexity index is 2200. The van der Waals surface area contributed by atoms with Crippen LogP contribution in [0.25, 0.3) is 43.5 Å². The van der Waals surface area contributed by atoms with E-state index < -0.39 is 16.1 Å². The molecule has 0 spiro atoms. The van der Waals surface area contributed by atoms with Gasteiger partial charge in [-0.3, -0.25) is 0 Å². The van der Waals surface area contributed by atoms with Gasteiger partial charge >= 0.3 is 8.16 Å². The molecule has 5 heteroatoms. The second-order valence-corrected chi connectivity index (χ2v) is 14.5. The average Bonchev–Trinajstić information content (AvgIpc) is 3.26. The largest absolute Gasteiger partial charge is 0.408 e. The van der Waals surface area contributed by atoms with E-state index in [9.17, 15) is 0 Å². The zero-order chi connectivity index (χ0) is 30.2. The van der Waals surface area contributed by atoms with Crippen LogP contribution in [0.3, 0.4) is 0 Å². The fraction of sp³-hybridized carbons (Fsp3) is 0.0500. The van der Waals surface area contributed by atoms with Crippen molar-refractivity contribution in [3.05, 3.63) is 163 Å². The summed E-state index contributed by atoms with van der Waals surface area (Å²) in [7, 11) is -2.29. The molecule has 0 bridgehead atoms. The Hall–Kier alpha value is -4.65. The van der Waals surface area contributed by atoms with Gasteiger partial charge in [-0.1, -0.05) is 146 Å². The van der Waals surface area contributed by atoms with Gasteiger partial charge in [-0.25, -0.2) is 5.09 Å². The standard InChI is InChI=1S/C40H31NO2P2/c1-28(33-20-12-13-23-38(33)44(31-16-4-2-5-17-31)32-18-6-3-7-19-32)41-45-42-36-26-24-29-14-8-10-21-34(29)39(36)40-35-22-11-9-15-30(35)25-27-37(40)43-45/h2-28,41H,1H3/t28-/m0/s1. The molecule has 1 atom stereocenters. The van der Waals surface area contributed by atoms with Gasteiger partial charge in [0.1, 0.15) is 11.2 Å². The van der Waals surface area contributed by atoms with Crippen molar-refractivity contribution in [2.24, 2.45) is 0 Å². The van der Waals surface area contributed by atoms with Gasteiger partial charge in [0, 0.05) is 16.8 Å². The Morgan fingerprint density at radius 1 is 0.511 bits per heavy atom. The van der Waals surface area contributed by atoms with E-state index in [1.54, 1.807) is 0 Å². The molecule has 0 aliphatic carbocycles. The van der Waals surface area contributed by atoms with Gasteiger partial charge in [0.15, 0.2) is 0 Å². The van der Waals surface area contributed by atoms with E-state index >= 15 is 0 Å². The third-order valence-corrected chi connectivity index (χ3v) is 12.2. The van der Waals surface area contributed by atoms with Crippen molar-refractivity contribution in [1.82, 2.24) is 0 Å². The summed E-state index contributed by atoms with van der Waals surface area (Å²) >= 11 is 0. The van der Waals surface area contributed by atoms with E-state index in [0.717, 1.165) is 32.7 Å². The van der Waals surface area contributed by atoms with Crippen LogP contribution >= 0.6 is 16.1 Å². The molecule has 45 heavy (non-hydrogen) atoms. The second-order valence-electron chi connectivity index (χ2n) is 11.2. The van der Waals surface area contributed by atoms with Crippen molar-refractivity contribution >= 4 is 75.5 Å². The smallest absolute Gasteiger partial charge is 0.307 e. The monoisotopic (exact) mass is 619 g/mol. The number of fused-ring (bicyclic) bond motifs is 7. The van der Waals surface area contributed by atoms with Crippen molar-refractivity contribution in [2.75, 3.05) is 5.09 Å². The number of benzene rings is 7. The SMILES string of the molecule is C[C@H](Np1oc2ccc3ccccc3c2c2c(ccc3ccccc32)o1)c1ccccc1P(c1ccccc1)c1ccccc1. The van der Waals surface area contributed by atoms with Gasteiger partial charge in [-0.2, -0.15) is 0 Å². The van der Waals surface area contributed by atoms with Crippen molar-refractivity contribution in [2.45, 2.75) is 13.0 Å². The Morgan fingerprint density at radius 2 is 0.978 bits per heavy atom. The first-order chi connectivity index (χ1) is 22.2. The molecule has 0 saturated heterocycles. The third-order valence-electron chi connectivity index (χ3n) is 8.37. The first kappa shape index (κ1) is 27.9. The quantitative estimate of drug-likeness (QED) is 0.188. The molecule has 7 aromatic carbocycles. The summed E-state index contributed by atoms with van der Waals surface area (Å²) in [5.41, 5.74) is 2.91. The van der Waals surface area contributed by atoms with E-state index in [4.69, 9.17) is 8.39 Å². The van der Waals surface area contributed by atoms with Crippen LogP contribution in [-0.4, -0.2) is 0 Å². The lowest BCUT2D eigenvalue weighted by molar-refractivity contribution is 0.637. The van der Waals surface area contributed by atoms with E-state index in [2.05, 4.69) is 170 Å². The molecule has 0 amide bonds. The highest BCUT2D eigenvalue weighted by atomic mass is 31.1. The molecule has 1 N–H and O–H groups in total. The van der Waals surface area contributed by atoms with Crippen molar-refractivity contribution in [3.8, 4) is 0 Å². The van der Waals surface area contributed by atoms with Crippen LogP contribution in [0, 0.1) is 0 Å². The van der Waals surface area contributed by atoms with Gasteiger partial charge < -0.3 is 8.39 Å². The maximum Gasteiger partial charge on any atom is 0.307 e. The van der Waals surface area contributed by atoms with Gasteiger partial charge in [0.2, 0.25) is 0 Å². The van der Waals surface area contributed by atoms with Crippen LogP contribution in [-0.2, 0) is 0 Å². The van der Waals surface area contributed by atoms with Gasteiger partial charge in [0.25, 0.3) is 0 Å². The first-order valence-electron chi connectivity index (χ1n) is 15.2. The van der Waals surface area contributed by atoms with E-state index in [0.29, 0.717) is 0 Å². The van der Waals surface area contributed by atoms with Crippen LogP contribution < -0.4 is 21.0 Å². The lowest BCUT2D eigenvalue weighted by Crippen LogP contribution is -2.25. The minimum atomic E-state index is -1.53.